The molecule has 0 aliphatic heterocycles. The maximum absolute atomic E-state index is 3.74. The summed E-state index contributed by atoms with van der Waals surface area (Å²) in [6.07, 6.45) is 5.64. The summed E-state index contributed by atoms with van der Waals surface area (Å²) in [7, 11) is 2.02. The van der Waals surface area contributed by atoms with Crippen LogP contribution in [0.1, 0.15) is 33.1 Å². The van der Waals surface area contributed by atoms with Crippen LogP contribution >= 0.6 is 0 Å². The van der Waals surface area contributed by atoms with Crippen LogP contribution in [0.25, 0.3) is 0 Å². The summed E-state index contributed by atoms with van der Waals surface area (Å²) < 4.78 is 0. The van der Waals surface area contributed by atoms with Crippen molar-refractivity contribution in [2.45, 2.75) is 39.2 Å². The molecule has 66 valence electrons. The lowest BCUT2D eigenvalue weighted by Gasteiger charge is -2.14. The van der Waals surface area contributed by atoms with Crippen LogP contribution in [0.2, 0.25) is 0 Å². The first-order chi connectivity index (χ1) is 5.20. The van der Waals surface area contributed by atoms with Gasteiger partial charge in [-0.2, -0.15) is 0 Å². The van der Waals surface area contributed by atoms with Crippen LogP contribution in [0, 0.1) is 5.92 Å². The second-order valence-corrected chi connectivity index (χ2v) is 3.48. The summed E-state index contributed by atoms with van der Waals surface area (Å²) in [5, 5.41) is 3.29. The molecular weight excluding hydrogens is 134 g/mol. The normalized spacial score (nSPS) is 13.5. The van der Waals surface area contributed by atoms with Crippen LogP contribution in [0.3, 0.4) is 0 Å². The summed E-state index contributed by atoms with van der Waals surface area (Å²) in [5.74, 6) is 0.815. The van der Waals surface area contributed by atoms with Crippen molar-refractivity contribution in [3.63, 3.8) is 0 Å². The van der Waals surface area contributed by atoms with Gasteiger partial charge >= 0.3 is 0 Å². The van der Waals surface area contributed by atoms with Crippen molar-refractivity contribution in [2.75, 3.05) is 7.05 Å². The number of nitrogens with one attached hydrogen (secondary N) is 1. The molecule has 1 nitrogen and oxygen atoms in total. The molecule has 1 unspecified atom stereocenters. The van der Waals surface area contributed by atoms with Crippen molar-refractivity contribution >= 4 is 0 Å². The van der Waals surface area contributed by atoms with E-state index in [4.69, 9.17) is 0 Å². The molecule has 1 N–H and O–H groups in total. The fourth-order valence-electron chi connectivity index (χ4n) is 1.12. The second-order valence-electron chi connectivity index (χ2n) is 3.48. The Bertz CT molecular complexity index is 97.0. The highest BCUT2D eigenvalue weighted by Gasteiger charge is 2.03. The summed E-state index contributed by atoms with van der Waals surface area (Å²) in [6, 6.07) is 0.634. The summed E-state index contributed by atoms with van der Waals surface area (Å²) in [5.41, 5.74) is 0. The van der Waals surface area contributed by atoms with Crippen molar-refractivity contribution in [1.82, 2.24) is 5.32 Å². The van der Waals surface area contributed by atoms with Crippen molar-refractivity contribution in [2.24, 2.45) is 5.92 Å². The quantitative estimate of drug-likeness (QED) is 0.581. The lowest BCUT2D eigenvalue weighted by atomic mass is 10.0. The third-order valence-electron chi connectivity index (χ3n) is 1.95. The van der Waals surface area contributed by atoms with Crippen molar-refractivity contribution < 1.29 is 0 Å². The lowest BCUT2D eigenvalue weighted by Crippen LogP contribution is -2.24. The number of hydrogen-bond donors (Lipinski definition) is 1. The van der Waals surface area contributed by atoms with Gasteiger partial charge < -0.3 is 5.32 Å². The summed E-state index contributed by atoms with van der Waals surface area (Å²) in [4.78, 5) is 0. The molecule has 0 heterocycles. The first-order valence-electron chi connectivity index (χ1n) is 4.48. The molecule has 0 aliphatic carbocycles. The molecule has 0 saturated carbocycles. The molecule has 0 aromatic heterocycles. The zero-order chi connectivity index (χ0) is 8.69. The third-order valence-corrected chi connectivity index (χ3v) is 1.95. The average molecular weight is 155 g/mol. The molecule has 0 bridgehead atoms. The summed E-state index contributed by atoms with van der Waals surface area (Å²) in [6.45, 7) is 8.26. The van der Waals surface area contributed by atoms with E-state index in [0.717, 1.165) is 12.3 Å². The van der Waals surface area contributed by atoms with Gasteiger partial charge in [-0.25, -0.2) is 0 Å². The molecule has 0 fully saturated rings. The molecule has 0 radical (unpaired) electrons. The molecule has 11 heavy (non-hydrogen) atoms. The molecule has 0 aliphatic rings. The SMILES string of the molecule is C=CCC(CCC(C)C)NC. The highest BCUT2D eigenvalue weighted by molar-refractivity contribution is 4.76. The Morgan fingerprint density at radius 1 is 1.36 bits per heavy atom. The smallest absolute Gasteiger partial charge is 0.00985 e. The highest BCUT2D eigenvalue weighted by Crippen LogP contribution is 2.08. The zero-order valence-corrected chi connectivity index (χ0v) is 8.06. The minimum Gasteiger partial charge on any atom is -0.317 e. The van der Waals surface area contributed by atoms with E-state index >= 15 is 0 Å². The third kappa shape index (κ3) is 6.11. The molecule has 0 aromatic carbocycles. The van der Waals surface area contributed by atoms with Gasteiger partial charge in [0.2, 0.25) is 0 Å². The Morgan fingerprint density at radius 2 is 2.00 bits per heavy atom. The fourth-order valence-corrected chi connectivity index (χ4v) is 1.12. The molecule has 1 heteroatoms. The highest BCUT2D eigenvalue weighted by atomic mass is 14.9. The van der Waals surface area contributed by atoms with Crippen molar-refractivity contribution in [3.8, 4) is 0 Å². The Balaban J connectivity index is 3.43. The maximum Gasteiger partial charge on any atom is 0.00985 e. The Labute approximate surface area is 70.9 Å². The van der Waals surface area contributed by atoms with E-state index in [-0.39, 0.29) is 0 Å². The van der Waals surface area contributed by atoms with Gasteiger partial charge in [0.05, 0.1) is 0 Å². The first-order valence-corrected chi connectivity index (χ1v) is 4.48. The van der Waals surface area contributed by atoms with Gasteiger partial charge in [0.25, 0.3) is 0 Å². The van der Waals surface area contributed by atoms with Crippen molar-refractivity contribution in [3.05, 3.63) is 12.7 Å². The van der Waals surface area contributed by atoms with E-state index < -0.39 is 0 Å². The predicted octanol–water partition coefficient (Wildman–Crippen LogP) is 2.59. The topological polar surface area (TPSA) is 12.0 Å². The number of hydrogen-bond acceptors (Lipinski definition) is 1. The Morgan fingerprint density at radius 3 is 2.36 bits per heavy atom. The van der Waals surface area contributed by atoms with Crippen LogP contribution in [0.5, 0.6) is 0 Å². The lowest BCUT2D eigenvalue weighted by molar-refractivity contribution is 0.455. The predicted molar refractivity (Wildman–Crippen MR) is 51.7 cm³/mol. The maximum atomic E-state index is 3.74. The Kier molecular flexibility index (Phi) is 6.24. The van der Waals surface area contributed by atoms with Crippen LogP contribution in [-0.2, 0) is 0 Å². The minimum absolute atomic E-state index is 0.634. The molecule has 0 rings (SSSR count). The van der Waals surface area contributed by atoms with Gasteiger partial charge in [-0.1, -0.05) is 19.9 Å². The van der Waals surface area contributed by atoms with Gasteiger partial charge in [0.1, 0.15) is 0 Å². The molecule has 0 amide bonds. The monoisotopic (exact) mass is 155 g/mol. The van der Waals surface area contributed by atoms with Crippen LogP contribution in [-0.4, -0.2) is 13.1 Å². The van der Waals surface area contributed by atoms with Gasteiger partial charge in [-0.05, 0) is 32.2 Å². The van der Waals surface area contributed by atoms with E-state index in [2.05, 4.69) is 25.7 Å². The van der Waals surface area contributed by atoms with Crippen LogP contribution < -0.4 is 5.32 Å². The van der Waals surface area contributed by atoms with E-state index in [1.807, 2.05) is 13.1 Å². The van der Waals surface area contributed by atoms with E-state index in [1.54, 1.807) is 0 Å². The molecular formula is C10H21N. The van der Waals surface area contributed by atoms with Gasteiger partial charge in [0, 0.05) is 6.04 Å². The molecule has 0 aromatic rings. The van der Waals surface area contributed by atoms with E-state index in [1.165, 1.54) is 12.8 Å². The Hall–Kier alpha value is -0.300. The minimum atomic E-state index is 0.634. The molecule has 1 atom stereocenters. The molecule has 0 saturated heterocycles. The largest absolute Gasteiger partial charge is 0.317 e. The van der Waals surface area contributed by atoms with Crippen molar-refractivity contribution in [1.29, 1.82) is 0 Å². The summed E-state index contributed by atoms with van der Waals surface area (Å²) >= 11 is 0. The van der Waals surface area contributed by atoms with Gasteiger partial charge in [-0.3, -0.25) is 0 Å². The van der Waals surface area contributed by atoms with Crippen LogP contribution in [0.4, 0.5) is 0 Å². The van der Waals surface area contributed by atoms with E-state index in [9.17, 15) is 0 Å². The standard InChI is InChI=1S/C10H21N/c1-5-6-10(11-4)8-7-9(2)3/h5,9-11H,1,6-8H2,2-4H3. The number of rotatable bonds is 6. The van der Waals surface area contributed by atoms with E-state index in [0.29, 0.717) is 6.04 Å². The fraction of sp³-hybridized carbons (Fsp3) is 0.800. The molecule has 0 spiro atoms. The van der Waals surface area contributed by atoms with Gasteiger partial charge in [0.15, 0.2) is 0 Å². The van der Waals surface area contributed by atoms with Crippen LogP contribution in [0.15, 0.2) is 12.7 Å². The zero-order valence-electron chi connectivity index (χ0n) is 8.06. The second kappa shape index (κ2) is 6.41. The van der Waals surface area contributed by atoms with Gasteiger partial charge in [-0.15, -0.1) is 6.58 Å². The first kappa shape index (κ1) is 10.7. The average Bonchev–Trinajstić information content (AvgIpc) is 1.97.